The molecule has 1 aliphatic rings. The van der Waals surface area contributed by atoms with Crippen molar-refractivity contribution in [3.8, 4) is 0 Å². The molecule has 0 aromatic carbocycles. The zero-order valence-electron chi connectivity index (χ0n) is 11.3. The molecule has 2 heteroatoms. The molecule has 0 radical (unpaired) electrons. The Hall–Kier alpha value is -0.0800. The van der Waals surface area contributed by atoms with E-state index in [9.17, 15) is 0 Å². The van der Waals surface area contributed by atoms with Gasteiger partial charge >= 0.3 is 0 Å². The van der Waals surface area contributed by atoms with Gasteiger partial charge in [0.05, 0.1) is 0 Å². The van der Waals surface area contributed by atoms with Crippen molar-refractivity contribution in [3.05, 3.63) is 0 Å². The first kappa shape index (κ1) is 14.0. The largest absolute Gasteiger partial charge is 0.382 e. The average molecular weight is 227 g/mol. The van der Waals surface area contributed by atoms with E-state index >= 15 is 0 Å². The Morgan fingerprint density at radius 2 is 2.12 bits per heavy atom. The molecule has 2 nitrogen and oxygen atoms in total. The Morgan fingerprint density at radius 1 is 1.31 bits per heavy atom. The lowest BCUT2D eigenvalue weighted by Gasteiger charge is -2.34. The number of hydrogen-bond donors (Lipinski definition) is 1. The second-order valence-electron chi connectivity index (χ2n) is 5.08. The predicted molar refractivity (Wildman–Crippen MR) is 69.7 cm³/mol. The van der Waals surface area contributed by atoms with Gasteiger partial charge in [0, 0.05) is 19.3 Å². The highest BCUT2D eigenvalue weighted by atomic mass is 16.5. The van der Waals surface area contributed by atoms with Gasteiger partial charge in [0.15, 0.2) is 0 Å². The fourth-order valence-corrected chi connectivity index (χ4v) is 3.04. The molecular weight excluding hydrogens is 198 g/mol. The van der Waals surface area contributed by atoms with Crippen molar-refractivity contribution in [3.63, 3.8) is 0 Å². The van der Waals surface area contributed by atoms with Gasteiger partial charge in [-0.25, -0.2) is 0 Å². The van der Waals surface area contributed by atoms with E-state index in [1.165, 1.54) is 38.5 Å². The lowest BCUT2D eigenvalue weighted by atomic mass is 9.76. The summed E-state index contributed by atoms with van der Waals surface area (Å²) in [6.45, 7) is 6.16. The maximum absolute atomic E-state index is 5.47. The van der Waals surface area contributed by atoms with Crippen LogP contribution in [0.1, 0.15) is 52.4 Å². The average Bonchev–Trinajstić information content (AvgIpc) is 2.35. The summed E-state index contributed by atoms with van der Waals surface area (Å²) in [6.07, 6.45) is 8.25. The van der Waals surface area contributed by atoms with Gasteiger partial charge in [0.25, 0.3) is 0 Å². The van der Waals surface area contributed by atoms with Gasteiger partial charge in [-0.2, -0.15) is 0 Å². The van der Waals surface area contributed by atoms with Gasteiger partial charge in [-0.15, -0.1) is 0 Å². The third kappa shape index (κ3) is 4.42. The van der Waals surface area contributed by atoms with E-state index in [1.807, 2.05) is 0 Å². The Balaban J connectivity index is 2.32. The van der Waals surface area contributed by atoms with Gasteiger partial charge in [0.1, 0.15) is 0 Å². The van der Waals surface area contributed by atoms with Crippen LogP contribution < -0.4 is 5.32 Å². The molecule has 16 heavy (non-hydrogen) atoms. The molecule has 3 unspecified atom stereocenters. The summed E-state index contributed by atoms with van der Waals surface area (Å²) in [5.74, 6) is 1.85. The van der Waals surface area contributed by atoms with Crippen LogP contribution in [0, 0.1) is 11.8 Å². The van der Waals surface area contributed by atoms with E-state index in [-0.39, 0.29) is 0 Å². The van der Waals surface area contributed by atoms with E-state index in [1.54, 1.807) is 0 Å². The highest BCUT2D eigenvalue weighted by Crippen LogP contribution is 2.33. The standard InChI is InChI=1S/C14H29NO/c1-4-12-7-6-8-13(11-12)14(15-3)9-10-16-5-2/h12-15H,4-11H2,1-3H3. The zero-order valence-corrected chi connectivity index (χ0v) is 11.3. The van der Waals surface area contributed by atoms with Crippen molar-refractivity contribution >= 4 is 0 Å². The molecule has 0 amide bonds. The lowest BCUT2D eigenvalue weighted by molar-refractivity contribution is 0.118. The Labute approximate surface area is 101 Å². The summed E-state index contributed by atoms with van der Waals surface area (Å²) in [5.41, 5.74) is 0. The second kappa shape index (κ2) is 8.08. The Kier molecular flexibility index (Phi) is 7.06. The monoisotopic (exact) mass is 227 g/mol. The summed E-state index contributed by atoms with van der Waals surface area (Å²) < 4.78 is 5.47. The zero-order chi connectivity index (χ0) is 11.8. The number of nitrogens with one attached hydrogen (secondary N) is 1. The maximum atomic E-state index is 5.47. The second-order valence-corrected chi connectivity index (χ2v) is 5.08. The molecule has 0 aromatic heterocycles. The van der Waals surface area contributed by atoms with Crippen LogP contribution in [0.5, 0.6) is 0 Å². The molecule has 1 N–H and O–H groups in total. The summed E-state index contributed by atoms with van der Waals surface area (Å²) in [6, 6.07) is 0.667. The van der Waals surface area contributed by atoms with Crippen LogP contribution in [-0.2, 0) is 4.74 Å². The molecule has 0 aromatic rings. The molecule has 0 saturated heterocycles. The minimum Gasteiger partial charge on any atom is -0.382 e. The van der Waals surface area contributed by atoms with Gasteiger partial charge in [-0.05, 0) is 45.1 Å². The number of ether oxygens (including phenoxy) is 1. The van der Waals surface area contributed by atoms with Crippen molar-refractivity contribution in [1.29, 1.82) is 0 Å². The molecule has 0 spiro atoms. The van der Waals surface area contributed by atoms with Gasteiger partial charge < -0.3 is 10.1 Å². The summed E-state index contributed by atoms with van der Waals surface area (Å²) in [7, 11) is 2.10. The van der Waals surface area contributed by atoms with E-state index in [0.29, 0.717) is 6.04 Å². The normalized spacial score (nSPS) is 27.9. The van der Waals surface area contributed by atoms with E-state index in [4.69, 9.17) is 4.74 Å². The highest BCUT2D eigenvalue weighted by Gasteiger charge is 2.26. The van der Waals surface area contributed by atoms with Crippen LogP contribution in [-0.4, -0.2) is 26.3 Å². The SMILES string of the molecule is CCOCCC(NC)C1CCCC(CC)C1. The van der Waals surface area contributed by atoms with Crippen LogP contribution in [0.25, 0.3) is 0 Å². The molecule has 1 rings (SSSR count). The number of hydrogen-bond acceptors (Lipinski definition) is 2. The molecule has 1 saturated carbocycles. The van der Waals surface area contributed by atoms with Crippen molar-refractivity contribution in [1.82, 2.24) is 5.32 Å². The Bertz CT molecular complexity index is 172. The van der Waals surface area contributed by atoms with E-state index in [2.05, 4.69) is 26.2 Å². The van der Waals surface area contributed by atoms with Crippen LogP contribution >= 0.6 is 0 Å². The number of rotatable bonds is 7. The first-order chi connectivity index (χ1) is 7.81. The third-order valence-corrected chi connectivity index (χ3v) is 4.12. The molecule has 96 valence electrons. The van der Waals surface area contributed by atoms with E-state index in [0.717, 1.165) is 25.0 Å². The minimum atomic E-state index is 0.667. The fraction of sp³-hybridized carbons (Fsp3) is 1.00. The van der Waals surface area contributed by atoms with Crippen LogP contribution in [0.3, 0.4) is 0 Å². The molecule has 1 aliphatic carbocycles. The lowest BCUT2D eigenvalue weighted by Crippen LogP contribution is -2.37. The fourth-order valence-electron chi connectivity index (χ4n) is 3.04. The molecule has 3 atom stereocenters. The van der Waals surface area contributed by atoms with Crippen molar-refractivity contribution in [2.45, 2.75) is 58.4 Å². The highest BCUT2D eigenvalue weighted by molar-refractivity contribution is 4.81. The van der Waals surface area contributed by atoms with Crippen LogP contribution in [0.2, 0.25) is 0 Å². The quantitative estimate of drug-likeness (QED) is 0.674. The third-order valence-electron chi connectivity index (χ3n) is 4.12. The first-order valence-corrected chi connectivity index (χ1v) is 7.06. The summed E-state index contributed by atoms with van der Waals surface area (Å²) >= 11 is 0. The predicted octanol–water partition coefficient (Wildman–Crippen LogP) is 3.22. The van der Waals surface area contributed by atoms with Crippen molar-refractivity contribution in [2.75, 3.05) is 20.3 Å². The van der Waals surface area contributed by atoms with Gasteiger partial charge in [0.2, 0.25) is 0 Å². The topological polar surface area (TPSA) is 21.3 Å². The van der Waals surface area contributed by atoms with Crippen molar-refractivity contribution < 1.29 is 4.74 Å². The molecule has 1 fully saturated rings. The van der Waals surface area contributed by atoms with E-state index < -0.39 is 0 Å². The minimum absolute atomic E-state index is 0.667. The Morgan fingerprint density at radius 3 is 2.75 bits per heavy atom. The maximum Gasteiger partial charge on any atom is 0.0480 e. The van der Waals surface area contributed by atoms with Crippen molar-refractivity contribution in [2.24, 2.45) is 11.8 Å². The molecule has 0 bridgehead atoms. The molecule has 0 aliphatic heterocycles. The molecular formula is C14H29NO. The summed E-state index contributed by atoms with van der Waals surface area (Å²) in [5, 5.41) is 3.50. The van der Waals surface area contributed by atoms with Crippen LogP contribution in [0.15, 0.2) is 0 Å². The molecule has 0 heterocycles. The summed E-state index contributed by atoms with van der Waals surface area (Å²) in [4.78, 5) is 0. The van der Waals surface area contributed by atoms with Gasteiger partial charge in [-0.1, -0.05) is 26.2 Å². The first-order valence-electron chi connectivity index (χ1n) is 7.06. The van der Waals surface area contributed by atoms with Gasteiger partial charge in [-0.3, -0.25) is 0 Å². The smallest absolute Gasteiger partial charge is 0.0480 e. The van der Waals surface area contributed by atoms with Crippen LogP contribution in [0.4, 0.5) is 0 Å².